The molecule has 2 nitrogen and oxygen atoms in total. The van der Waals surface area contributed by atoms with Crippen LogP contribution in [0.2, 0.25) is 0 Å². The van der Waals surface area contributed by atoms with Crippen molar-refractivity contribution >= 4 is 5.91 Å². The lowest BCUT2D eigenvalue weighted by molar-refractivity contribution is -0.120. The van der Waals surface area contributed by atoms with Crippen molar-refractivity contribution in [3.05, 3.63) is 35.9 Å². The first kappa shape index (κ1) is 10.8. The molecule has 0 fully saturated rings. The van der Waals surface area contributed by atoms with Crippen LogP contribution >= 0.6 is 0 Å². The molecule has 1 N–H and O–H groups in total. The van der Waals surface area contributed by atoms with Crippen molar-refractivity contribution in [1.29, 1.82) is 0 Å². The van der Waals surface area contributed by atoms with E-state index in [2.05, 4.69) is 19.2 Å². The molecule has 76 valence electrons. The third kappa shape index (κ3) is 2.87. The molecular formula is C12H17NO. The summed E-state index contributed by atoms with van der Waals surface area (Å²) < 4.78 is 0. The molecule has 0 aliphatic carbocycles. The van der Waals surface area contributed by atoms with E-state index in [-0.39, 0.29) is 11.9 Å². The third-order valence-corrected chi connectivity index (χ3v) is 2.18. The second kappa shape index (κ2) is 4.80. The third-order valence-electron chi connectivity index (χ3n) is 2.18. The summed E-state index contributed by atoms with van der Waals surface area (Å²) >= 11 is 0. The van der Waals surface area contributed by atoms with E-state index in [1.165, 1.54) is 0 Å². The van der Waals surface area contributed by atoms with E-state index in [0.717, 1.165) is 5.56 Å². The molecule has 1 aromatic rings. The van der Waals surface area contributed by atoms with Crippen LogP contribution in [0.15, 0.2) is 30.3 Å². The topological polar surface area (TPSA) is 29.1 Å². The molecule has 14 heavy (non-hydrogen) atoms. The van der Waals surface area contributed by atoms with Gasteiger partial charge in [-0.05, 0) is 11.5 Å². The summed E-state index contributed by atoms with van der Waals surface area (Å²) in [6.45, 7) is 5.76. The van der Waals surface area contributed by atoms with Gasteiger partial charge < -0.3 is 5.32 Å². The zero-order valence-electron chi connectivity index (χ0n) is 8.95. The van der Waals surface area contributed by atoms with Crippen LogP contribution in [0.3, 0.4) is 0 Å². The minimum absolute atomic E-state index is 0.0209. The first-order valence-electron chi connectivity index (χ1n) is 4.93. The molecule has 1 aromatic carbocycles. The van der Waals surface area contributed by atoms with Gasteiger partial charge in [0, 0.05) is 6.92 Å². The summed E-state index contributed by atoms with van der Waals surface area (Å²) in [7, 11) is 0. The Morgan fingerprint density at radius 3 is 2.21 bits per heavy atom. The average molecular weight is 191 g/mol. The fraction of sp³-hybridized carbons (Fsp3) is 0.417. The molecule has 0 saturated heterocycles. The largest absolute Gasteiger partial charge is 0.349 e. The summed E-state index contributed by atoms with van der Waals surface area (Å²) in [4.78, 5) is 11.0. The van der Waals surface area contributed by atoms with Crippen molar-refractivity contribution in [3.8, 4) is 0 Å². The number of amides is 1. The molecule has 0 spiro atoms. The molecule has 0 aromatic heterocycles. The number of carbonyl (C=O) groups is 1. The van der Waals surface area contributed by atoms with Gasteiger partial charge in [-0.3, -0.25) is 4.79 Å². The van der Waals surface area contributed by atoms with E-state index in [1.54, 1.807) is 6.92 Å². The van der Waals surface area contributed by atoms with Crippen molar-refractivity contribution < 1.29 is 4.79 Å². The maximum absolute atomic E-state index is 11.0. The van der Waals surface area contributed by atoms with Crippen LogP contribution in [-0.4, -0.2) is 5.91 Å². The highest BCUT2D eigenvalue weighted by Gasteiger charge is 2.15. The highest BCUT2D eigenvalue weighted by atomic mass is 16.1. The van der Waals surface area contributed by atoms with Crippen LogP contribution < -0.4 is 5.32 Å². The second-order valence-corrected chi connectivity index (χ2v) is 3.83. The number of benzene rings is 1. The molecule has 0 aliphatic heterocycles. The monoisotopic (exact) mass is 191 g/mol. The first-order chi connectivity index (χ1) is 6.61. The normalized spacial score (nSPS) is 12.6. The SMILES string of the molecule is CC(=O)N[C@H](c1ccccc1)C(C)C. The Morgan fingerprint density at radius 1 is 1.21 bits per heavy atom. The van der Waals surface area contributed by atoms with Crippen LogP contribution in [0, 0.1) is 5.92 Å². The molecule has 2 heteroatoms. The fourth-order valence-corrected chi connectivity index (χ4v) is 1.51. The van der Waals surface area contributed by atoms with Gasteiger partial charge >= 0.3 is 0 Å². The van der Waals surface area contributed by atoms with Crippen LogP contribution in [0.25, 0.3) is 0 Å². The van der Waals surface area contributed by atoms with Gasteiger partial charge in [0.2, 0.25) is 5.91 Å². The first-order valence-corrected chi connectivity index (χ1v) is 4.93. The average Bonchev–Trinajstić information content (AvgIpc) is 2.15. The van der Waals surface area contributed by atoms with E-state index < -0.39 is 0 Å². The van der Waals surface area contributed by atoms with Gasteiger partial charge in [0.05, 0.1) is 6.04 Å². The Hall–Kier alpha value is -1.31. The minimum Gasteiger partial charge on any atom is -0.349 e. The Kier molecular flexibility index (Phi) is 3.69. The lowest BCUT2D eigenvalue weighted by Gasteiger charge is -2.21. The van der Waals surface area contributed by atoms with Crippen molar-refractivity contribution in [2.75, 3.05) is 0 Å². The summed E-state index contributed by atoms with van der Waals surface area (Å²) in [5.41, 5.74) is 1.16. The summed E-state index contributed by atoms with van der Waals surface area (Å²) in [6.07, 6.45) is 0. The zero-order valence-corrected chi connectivity index (χ0v) is 8.95. The Balaban J connectivity index is 2.83. The van der Waals surface area contributed by atoms with Crippen LogP contribution in [0.4, 0.5) is 0 Å². The lowest BCUT2D eigenvalue weighted by Crippen LogP contribution is -2.29. The summed E-state index contributed by atoms with van der Waals surface area (Å²) in [6, 6.07) is 10.2. The number of hydrogen-bond donors (Lipinski definition) is 1. The number of carbonyl (C=O) groups excluding carboxylic acids is 1. The molecule has 0 bridgehead atoms. The van der Waals surface area contributed by atoms with Gasteiger partial charge in [0.25, 0.3) is 0 Å². The van der Waals surface area contributed by atoms with E-state index in [1.807, 2.05) is 30.3 Å². The summed E-state index contributed by atoms with van der Waals surface area (Å²) in [5, 5.41) is 2.96. The van der Waals surface area contributed by atoms with Crippen LogP contribution in [0.5, 0.6) is 0 Å². The maximum atomic E-state index is 11.0. The molecular weight excluding hydrogens is 174 g/mol. The van der Waals surface area contributed by atoms with Crippen LogP contribution in [0.1, 0.15) is 32.4 Å². The van der Waals surface area contributed by atoms with Gasteiger partial charge in [0.1, 0.15) is 0 Å². The van der Waals surface area contributed by atoms with Gasteiger partial charge in [-0.1, -0.05) is 44.2 Å². The van der Waals surface area contributed by atoms with E-state index >= 15 is 0 Å². The number of rotatable bonds is 3. The van der Waals surface area contributed by atoms with Gasteiger partial charge in [-0.25, -0.2) is 0 Å². The zero-order chi connectivity index (χ0) is 10.6. The van der Waals surface area contributed by atoms with Crippen molar-refractivity contribution in [3.63, 3.8) is 0 Å². The number of hydrogen-bond acceptors (Lipinski definition) is 1. The van der Waals surface area contributed by atoms with E-state index in [0.29, 0.717) is 5.92 Å². The van der Waals surface area contributed by atoms with E-state index in [4.69, 9.17) is 0 Å². The van der Waals surface area contributed by atoms with Crippen molar-refractivity contribution in [2.24, 2.45) is 5.92 Å². The maximum Gasteiger partial charge on any atom is 0.217 e. The fourth-order valence-electron chi connectivity index (χ4n) is 1.51. The van der Waals surface area contributed by atoms with Crippen molar-refractivity contribution in [2.45, 2.75) is 26.8 Å². The highest BCUT2D eigenvalue weighted by Crippen LogP contribution is 2.20. The molecule has 0 heterocycles. The Bertz CT molecular complexity index is 292. The van der Waals surface area contributed by atoms with E-state index in [9.17, 15) is 4.79 Å². The quantitative estimate of drug-likeness (QED) is 0.781. The number of nitrogens with one attached hydrogen (secondary N) is 1. The van der Waals surface area contributed by atoms with Crippen molar-refractivity contribution in [1.82, 2.24) is 5.32 Å². The molecule has 1 rings (SSSR count). The predicted octanol–water partition coefficient (Wildman–Crippen LogP) is 2.52. The Morgan fingerprint density at radius 2 is 1.79 bits per heavy atom. The molecule has 0 aliphatic rings. The minimum atomic E-state index is 0.0209. The van der Waals surface area contributed by atoms with Crippen LogP contribution in [-0.2, 0) is 4.79 Å². The lowest BCUT2D eigenvalue weighted by atomic mass is 9.96. The molecule has 1 atom stereocenters. The summed E-state index contributed by atoms with van der Waals surface area (Å²) in [5.74, 6) is 0.425. The molecule has 0 unspecified atom stereocenters. The molecule has 1 amide bonds. The molecule has 0 saturated carbocycles. The Labute approximate surface area is 85.3 Å². The van der Waals surface area contributed by atoms with Gasteiger partial charge in [0.15, 0.2) is 0 Å². The second-order valence-electron chi connectivity index (χ2n) is 3.83. The molecule has 0 radical (unpaired) electrons. The van der Waals surface area contributed by atoms with Gasteiger partial charge in [-0.15, -0.1) is 0 Å². The standard InChI is InChI=1S/C12H17NO/c1-9(2)12(13-10(3)14)11-7-5-4-6-8-11/h4-9,12H,1-3H3,(H,13,14)/t12-/m0/s1. The predicted molar refractivity (Wildman–Crippen MR) is 57.8 cm³/mol. The smallest absolute Gasteiger partial charge is 0.217 e. The van der Waals surface area contributed by atoms with Gasteiger partial charge in [-0.2, -0.15) is 0 Å². The highest BCUT2D eigenvalue weighted by molar-refractivity contribution is 5.73.